The van der Waals surface area contributed by atoms with Gasteiger partial charge < -0.3 is 13.9 Å². The van der Waals surface area contributed by atoms with Gasteiger partial charge in [0.15, 0.2) is 0 Å². The Hall–Kier alpha value is -1.66. The van der Waals surface area contributed by atoms with Crippen molar-refractivity contribution in [2.45, 2.75) is 38.9 Å². The summed E-state index contributed by atoms with van der Waals surface area (Å²) in [6, 6.07) is 6.39. The average Bonchev–Trinajstić information content (AvgIpc) is 2.88. The lowest BCUT2D eigenvalue weighted by atomic mass is 9.86. The molecule has 0 amide bonds. The molecule has 0 N–H and O–H groups in total. The maximum Gasteiger partial charge on any atom is 0.516 e. The fourth-order valence-corrected chi connectivity index (χ4v) is 2.46. The van der Waals surface area contributed by atoms with Gasteiger partial charge in [0, 0.05) is 18.8 Å². The van der Waals surface area contributed by atoms with E-state index in [0.29, 0.717) is 11.4 Å². The lowest BCUT2D eigenvalue weighted by molar-refractivity contribution is 0.00578. The Morgan fingerprint density at radius 1 is 1.14 bits per heavy atom. The molecule has 0 radical (unpaired) electrons. The quantitative estimate of drug-likeness (QED) is 0.800. The normalized spacial score (nSPS) is 19.6. The van der Waals surface area contributed by atoms with Crippen LogP contribution in [-0.4, -0.2) is 27.9 Å². The molecule has 0 aliphatic carbocycles. The van der Waals surface area contributed by atoms with Crippen molar-refractivity contribution in [1.82, 2.24) is 9.55 Å². The van der Waals surface area contributed by atoms with Gasteiger partial charge in [-0.05, 0) is 39.8 Å². The van der Waals surface area contributed by atoms with E-state index in [9.17, 15) is 4.39 Å². The van der Waals surface area contributed by atoms with Gasteiger partial charge in [-0.15, -0.1) is 0 Å². The highest BCUT2D eigenvalue weighted by atomic mass is 19.1. The topological polar surface area (TPSA) is 36.3 Å². The van der Waals surface area contributed by atoms with E-state index in [4.69, 9.17) is 9.31 Å². The van der Waals surface area contributed by atoms with Gasteiger partial charge in [-0.3, -0.25) is 0 Å². The van der Waals surface area contributed by atoms with Gasteiger partial charge in [-0.25, -0.2) is 9.37 Å². The van der Waals surface area contributed by atoms with Crippen molar-refractivity contribution in [3.8, 4) is 11.4 Å². The molecule has 4 nitrogen and oxygen atoms in total. The highest BCUT2D eigenvalue weighted by molar-refractivity contribution is 6.61. The summed E-state index contributed by atoms with van der Waals surface area (Å²) in [5.74, 6) is 0.405. The zero-order chi connectivity index (χ0) is 16.1. The summed E-state index contributed by atoms with van der Waals surface area (Å²) in [4.78, 5) is 4.58. The molecule has 0 atom stereocenters. The van der Waals surface area contributed by atoms with Crippen molar-refractivity contribution in [3.63, 3.8) is 0 Å². The van der Waals surface area contributed by atoms with E-state index < -0.39 is 18.3 Å². The van der Waals surface area contributed by atoms with Gasteiger partial charge >= 0.3 is 7.12 Å². The van der Waals surface area contributed by atoms with E-state index in [1.165, 1.54) is 12.1 Å². The summed E-state index contributed by atoms with van der Waals surface area (Å²) in [5, 5.41) is 0. The van der Waals surface area contributed by atoms with Gasteiger partial charge in [-0.1, -0.05) is 12.1 Å². The summed E-state index contributed by atoms with van der Waals surface area (Å²) in [5.41, 5.74) is 0.605. The Balaban J connectivity index is 1.94. The number of benzene rings is 1. The van der Waals surface area contributed by atoms with E-state index in [1.807, 2.05) is 51.6 Å². The molecule has 0 unspecified atom stereocenters. The van der Waals surface area contributed by atoms with E-state index in [0.717, 1.165) is 5.56 Å². The zero-order valence-electron chi connectivity index (χ0n) is 13.6. The number of halogens is 1. The Bertz CT molecular complexity index is 696. The minimum Gasteiger partial charge on any atom is -0.398 e. The van der Waals surface area contributed by atoms with Gasteiger partial charge in [0.1, 0.15) is 11.6 Å². The molecule has 0 saturated carbocycles. The molecule has 1 aromatic carbocycles. The lowest BCUT2D eigenvalue weighted by Gasteiger charge is -2.32. The molecule has 2 heterocycles. The Labute approximate surface area is 130 Å². The largest absolute Gasteiger partial charge is 0.516 e. The number of aromatic nitrogens is 2. The van der Waals surface area contributed by atoms with E-state index >= 15 is 0 Å². The van der Waals surface area contributed by atoms with Crippen LogP contribution in [-0.2, 0) is 16.4 Å². The van der Waals surface area contributed by atoms with Crippen LogP contribution in [0.25, 0.3) is 11.4 Å². The standard InChI is InChI=1S/C16H20BFN2O2/c1-15(2)16(3,4)22-17(21-15)13-10-20(5)14(19-13)11-7-6-8-12(18)9-11/h6-10H,1-5H3. The first-order valence-corrected chi connectivity index (χ1v) is 7.34. The van der Waals surface area contributed by atoms with E-state index in [1.54, 1.807) is 6.07 Å². The fourth-order valence-electron chi connectivity index (χ4n) is 2.46. The summed E-state index contributed by atoms with van der Waals surface area (Å²) < 4.78 is 27.3. The van der Waals surface area contributed by atoms with Crippen LogP contribution in [0.5, 0.6) is 0 Å². The molecule has 1 aromatic heterocycles. The predicted molar refractivity (Wildman–Crippen MR) is 84.3 cm³/mol. The van der Waals surface area contributed by atoms with Gasteiger partial charge in [0.05, 0.1) is 16.8 Å². The van der Waals surface area contributed by atoms with Gasteiger partial charge in [0.2, 0.25) is 0 Å². The minimum absolute atomic E-state index is 0.280. The monoisotopic (exact) mass is 302 g/mol. The van der Waals surface area contributed by atoms with Crippen molar-refractivity contribution in [1.29, 1.82) is 0 Å². The second-order valence-corrected chi connectivity index (χ2v) is 6.70. The van der Waals surface area contributed by atoms with Crippen LogP contribution in [0.3, 0.4) is 0 Å². The third kappa shape index (κ3) is 2.46. The molecule has 1 aliphatic heterocycles. The molecule has 0 spiro atoms. The van der Waals surface area contributed by atoms with E-state index in [-0.39, 0.29) is 5.82 Å². The summed E-state index contributed by atoms with van der Waals surface area (Å²) >= 11 is 0. The lowest BCUT2D eigenvalue weighted by Crippen LogP contribution is -2.41. The van der Waals surface area contributed by atoms with Crippen LogP contribution in [0.2, 0.25) is 0 Å². The third-order valence-corrected chi connectivity index (χ3v) is 4.47. The molecule has 0 bridgehead atoms. The maximum absolute atomic E-state index is 13.4. The fraction of sp³-hybridized carbons (Fsp3) is 0.438. The molecule has 6 heteroatoms. The first-order valence-electron chi connectivity index (χ1n) is 7.34. The first-order chi connectivity index (χ1) is 10.2. The van der Waals surface area contributed by atoms with Crippen molar-refractivity contribution in [2.24, 2.45) is 7.05 Å². The predicted octanol–water partition coefficient (Wildman–Crippen LogP) is 2.53. The molecule has 1 fully saturated rings. The molecule has 22 heavy (non-hydrogen) atoms. The van der Waals surface area contributed by atoms with Crippen LogP contribution in [0.15, 0.2) is 30.5 Å². The third-order valence-electron chi connectivity index (χ3n) is 4.47. The Morgan fingerprint density at radius 3 is 2.36 bits per heavy atom. The summed E-state index contributed by atoms with van der Waals surface area (Å²) in [6.45, 7) is 8.01. The molecule has 116 valence electrons. The van der Waals surface area contributed by atoms with Crippen LogP contribution in [0, 0.1) is 5.82 Å². The van der Waals surface area contributed by atoms with Gasteiger partial charge in [-0.2, -0.15) is 0 Å². The van der Waals surface area contributed by atoms with Gasteiger partial charge in [0.25, 0.3) is 0 Å². The number of hydrogen-bond acceptors (Lipinski definition) is 3. The number of imidazole rings is 1. The van der Waals surface area contributed by atoms with Crippen molar-refractivity contribution >= 4 is 12.7 Å². The number of hydrogen-bond donors (Lipinski definition) is 0. The van der Waals surface area contributed by atoms with Crippen LogP contribution in [0.1, 0.15) is 27.7 Å². The average molecular weight is 302 g/mol. The number of rotatable bonds is 2. The van der Waals surface area contributed by atoms with Crippen molar-refractivity contribution in [3.05, 3.63) is 36.3 Å². The second kappa shape index (κ2) is 4.93. The van der Waals surface area contributed by atoms with Crippen molar-refractivity contribution < 1.29 is 13.7 Å². The molecule has 1 aliphatic rings. The number of nitrogens with zero attached hydrogens (tertiary/aromatic N) is 2. The highest BCUT2D eigenvalue weighted by Gasteiger charge is 2.52. The molecule has 2 aromatic rings. The highest BCUT2D eigenvalue weighted by Crippen LogP contribution is 2.36. The SMILES string of the molecule is Cn1cc(B2OC(C)(C)C(C)(C)O2)nc1-c1cccc(F)c1. The van der Waals surface area contributed by atoms with Crippen LogP contribution in [0.4, 0.5) is 4.39 Å². The minimum atomic E-state index is -0.515. The zero-order valence-corrected chi connectivity index (χ0v) is 13.6. The summed E-state index contributed by atoms with van der Waals surface area (Å²) in [7, 11) is 1.36. The smallest absolute Gasteiger partial charge is 0.398 e. The Morgan fingerprint density at radius 2 is 1.77 bits per heavy atom. The van der Waals surface area contributed by atoms with Crippen LogP contribution < -0.4 is 5.59 Å². The maximum atomic E-state index is 13.4. The molecule has 3 rings (SSSR count). The first kappa shape index (κ1) is 15.2. The second-order valence-electron chi connectivity index (χ2n) is 6.70. The molecule has 1 saturated heterocycles. The summed E-state index contributed by atoms with van der Waals surface area (Å²) in [6.07, 6.45) is 1.86. The molecular formula is C16H20BFN2O2. The Kier molecular flexibility index (Phi) is 3.42. The van der Waals surface area contributed by atoms with Crippen molar-refractivity contribution in [2.75, 3.05) is 0 Å². The van der Waals surface area contributed by atoms with E-state index in [2.05, 4.69) is 4.98 Å². The number of aryl methyl sites for hydroxylation is 1. The molecular weight excluding hydrogens is 282 g/mol. The van der Waals surface area contributed by atoms with Crippen LogP contribution >= 0.6 is 0 Å².